The highest BCUT2D eigenvalue weighted by molar-refractivity contribution is 9.10. The van der Waals surface area contributed by atoms with E-state index in [1.807, 2.05) is 31.2 Å². The summed E-state index contributed by atoms with van der Waals surface area (Å²) in [4.78, 5) is 11.3. The van der Waals surface area contributed by atoms with Crippen molar-refractivity contribution in [1.29, 1.82) is 0 Å². The van der Waals surface area contributed by atoms with Crippen LogP contribution in [0, 0.1) is 0 Å². The Labute approximate surface area is 122 Å². The fourth-order valence-electron chi connectivity index (χ4n) is 1.63. The molecule has 0 saturated heterocycles. The molecule has 3 N–H and O–H groups in total. The predicted octanol–water partition coefficient (Wildman–Crippen LogP) is 3.03. The van der Waals surface area contributed by atoms with Crippen molar-refractivity contribution in [2.24, 2.45) is 0 Å². The third-order valence-corrected chi connectivity index (χ3v) is 3.83. The SMILES string of the molecule is CCSc1nn(-c2ccc(Br)cc2)c(N)c1C(=O)O. The number of hydrogen-bond donors (Lipinski definition) is 2. The zero-order valence-corrected chi connectivity index (χ0v) is 12.5. The Morgan fingerprint density at radius 1 is 1.47 bits per heavy atom. The van der Waals surface area contributed by atoms with Crippen LogP contribution in [0.1, 0.15) is 17.3 Å². The van der Waals surface area contributed by atoms with E-state index in [0.717, 1.165) is 15.9 Å². The number of rotatable bonds is 4. The van der Waals surface area contributed by atoms with Gasteiger partial charge in [0, 0.05) is 4.47 Å². The molecule has 1 aromatic heterocycles. The van der Waals surface area contributed by atoms with E-state index in [0.29, 0.717) is 5.03 Å². The van der Waals surface area contributed by atoms with Crippen LogP contribution in [0.2, 0.25) is 0 Å². The van der Waals surface area contributed by atoms with Crippen LogP contribution in [-0.2, 0) is 0 Å². The highest BCUT2D eigenvalue weighted by Crippen LogP contribution is 2.28. The topological polar surface area (TPSA) is 81.1 Å². The van der Waals surface area contributed by atoms with Crippen molar-refractivity contribution in [3.8, 4) is 5.69 Å². The highest BCUT2D eigenvalue weighted by atomic mass is 79.9. The Morgan fingerprint density at radius 3 is 2.63 bits per heavy atom. The number of nitrogens with two attached hydrogens (primary N) is 1. The fraction of sp³-hybridized carbons (Fsp3) is 0.167. The summed E-state index contributed by atoms with van der Waals surface area (Å²) in [7, 11) is 0. The van der Waals surface area contributed by atoms with Gasteiger partial charge in [-0.25, -0.2) is 9.48 Å². The van der Waals surface area contributed by atoms with Gasteiger partial charge < -0.3 is 10.8 Å². The third-order valence-electron chi connectivity index (χ3n) is 2.46. The Hall–Kier alpha value is -1.47. The maximum atomic E-state index is 11.3. The molecule has 7 heteroatoms. The van der Waals surface area contributed by atoms with Gasteiger partial charge in [0.15, 0.2) is 0 Å². The van der Waals surface area contributed by atoms with E-state index in [-0.39, 0.29) is 11.4 Å². The molecular weight excluding hydrogens is 330 g/mol. The number of nitrogens with zero attached hydrogens (tertiary/aromatic N) is 2. The maximum absolute atomic E-state index is 11.3. The summed E-state index contributed by atoms with van der Waals surface area (Å²) in [5.41, 5.74) is 6.69. The number of carboxylic acids is 1. The van der Waals surface area contributed by atoms with Gasteiger partial charge in [-0.15, -0.1) is 11.8 Å². The number of aromatic carboxylic acids is 1. The number of carboxylic acid groups (broad SMARTS) is 1. The summed E-state index contributed by atoms with van der Waals surface area (Å²) in [5.74, 6) is -0.181. The average molecular weight is 342 g/mol. The first-order chi connectivity index (χ1) is 9.04. The third kappa shape index (κ3) is 2.76. The van der Waals surface area contributed by atoms with Gasteiger partial charge in [0.2, 0.25) is 0 Å². The van der Waals surface area contributed by atoms with Crippen LogP contribution in [0.15, 0.2) is 33.8 Å². The second-order valence-corrected chi connectivity index (χ2v) is 5.86. The van der Waals surface area contributed by atoms with Crippen molar-refractivity contribution in [3.05, 3.63) is 34.3 Å². The summed E-state index contributed by atoms with van der Waals surface area (Å²) in [6.07, 6.45) is 0. The van der Waals surface area contributed by atoms with E-state index in [1.54, 1.807) is 0 Å². The van der Waals surface area contributed by atoms with Gasteiger partial charge in [0.05, 0.1) is 5.69 Å². The van der Waals surface area contributed by atoms with Gasteiger partial charge in [-0.05, 0) is 30.0 Å². The molecule has 0 aliphatic carbocycles. The standard InChI is InChI=1S/C12H12BrN3O2S/c1-2-19-11-9(12(17)18)10(14)16(15-11)8-5-3-7(13)4-6-8/h3-6H,2,14H2,1H3,(H,17,18). The molecule has 2 aromatic rings. The first-order valence-electron chi connectivity index (χ1n) is 5.55. The molecule has 0 unspecified atom stereocenters. The number of benzene rings is 1. The number of hydrogen-bond acceptors (Lipinski definition) is 4. The summed E-state index contributed by atoms with van der Waals surface area (Å²) >= 11 is 4.71. The quantitative estimate of drug-likeness (QED) is 0.835. The Balaban J connectivity index is 2.55. The van der Waals surface area contributed by atoms with Crippen molar-refractivity contribution < 1.29 is 9.90 Å². The van der Waals surface area contributed by atoms with Crippen LogP contribution in [0.4, 0.5) is 5.82 Å². The van der Waals surface area contributed by atoms with Crippen LogP contribution in [-0.4, -0.2) is 26.6 Å². The molecule has 0 aliphatic rings. The number of aromatic nitrogens is 2. The molecule has 100 valence electrons. The Morgan fingerprint density at radius 2 is 2.11 bits per heavy atom. The molecule has 0 radical (unpaired) electrons. The largest absolute Gasteiger partial charge is 0.477 e. The lowest BCUT2D eigenvalue weighted by Gasteiger charge is -2.03. The lowest BCUT2D eigenvalue weighted by Crippen LogP contribution is -2.05. The van der Waals surface area contributed by atoms with E-state index in [1.165, 1.54) is 16.4 Å². The first kappa shape index (κ1) is 14.0. The van der Waals surface area contributed by atoms with Crippen LogP contribution in [0.5, 0.6) is 0 Å². The van der Waals surface area contributed by atoms with Crippen LogP contribution < -0.4 is 5.73 Å². The van der Waals surface area contributed by atoms with Crippen molar-refractivity contribution in [3.63, 3.8) is 0 Å². The minimum absolute atomic E-state index is 0.0646. The minimum atomic E-state index is -1.06. The van der Waals surface area contributed by atoms with Crippen molar-refractivity contribution >= 4 is 39.5 Å². The molecule has 0 saturated carbocycles. The maximum Gasteiger partial charge on any atom is 0.342 e. The van der Waals surface area contributed by atoms with Crippen LogP contribution in [0.25, 0.3) is 5.69 Å². The smallest absolute Gasteiger partial charge is 0.342 e. The van der Waals surface area contributed by atoms with Crippen molar-refractivity contribution in [1.82, 2.24) is 9.78 Å². The second kappa shape index (κ2) is 5.66. The van der Waals surface area contributed by atoms with Gasteiger partial charge >= 0.3 is 5.97 Å². The van der Waals surface area contributed by atoms with Crippen molar-refractivity contribution in [2.45, 2.75) is 11.9 Å². The van der Waals surface area contributed by atoms with E-state index in [2.05, 4.69) is 21.0 Å². The lowest BCUT2D eigenvalue weighted by molar-refractivity contribution is 0.0694. The highest BCUT2D eigenvalue weighted by Gasteiger charge is 2.22. The van der Waals surface area contributed by atoms with E-state index in [4.69, 9.17) is 5.73 Å². The molecule has 19 heavy (non-hydrogen) atoms. The van der Waals surface area contributed by atoms with Gasteiger partial charge in [-0.1, -0.05) is 22.9 Å². The molecular formula is C12H12BrN3O2S. The normalized spacial score (nSPS) is 10.6. The molecule has 0 spiro atoms. The number of nitrogen functional groups attached to an aromatic ring is 1. The second-order valence-electron chi connectivity index (χ2n) is 3.69. The molecule has 0 aliphatic heterocycles. The zero-order chi connectivity index (χ0) is 14.0. The molecule has 1 heterocycles. The molecule has 0 amide bonds. The molecule has 0 bridgehead atoms. The number of thioether (sulfide) groups is 1. The molecule has 0 fully saturated rings. The first-order valence-corrected chi connectivity index (χ1v) is 7.33. The zero-order valence-electron chi connectivity index (χ0n) is 10.1. The van der Waals surface area contributed by atoms with Crippen LogP contribution in [0.3, 0.4) is 0 Å². The van der Waals surface area contributed by atoms with Gasteiger partial charge in [-0.3, -0.25) is 0 Å². The molecule has 2 rings (SSSR count). The lowest BCUT2D eigenvalue weighted by atomic mass is 10.3. The summed E-state index contributed by atoms with van der Waals surface area (Å²) in [6.45, 7) is 1.94. The summed E-state index contributed by atoms with van der Waals surface area (Å²) in [6, 6.07) is 7.34. The van der Waals surface area contributed by atoms with Gasteiger partial charge in [-0.2, -0.15) is 5.10 Å². The monoisotopic (exact) mass is 341 g/mol. The Bertz CT molecular complexity index is 610. The predicted molar refractivity (Wildman–Crippen MR) is 79.0 cm³/mol. The van der Waals surface area contributed by atoms with E-state index >= 15 is 0 Å². The van der Waals surface area contributed by atoms with E-state index < -0.39 is 5.97 Å². The average Bonchev–Trinajstić information content (AvgIpc) is 2.68. The fourth-order valence-corrected chi connectivity index (χ4v) is 2.64. The number of anilines is 1. The van der Waals surface area contributed by atoms with E-state index in [9.17, 15) is 9.90 Å². The molecule has 5 nitrogen and oxygen atoms in total. The number of halogens is 1. The molecule has 0 atom stereocenters. The number of carbonyl (C=O) groups is 1. The van der Waals surface area contributed by atoms with Crippen LogP contribution >= 0.6 is 27.7 Å². The minimum Gasteiger partial charge on any atom is -0.477 e. The summed E-state index contributed by atoms with van der Waals surface area (Å²) in [5, 5.41) is 13.9. The van der Waals surface area contributed by atoms with Gasteiger partial charge in [0.25, 0.3) is 0 Å². The summed E-state index contributed by atoms with van der Waals surface area (Å²) < 4.78 is 2.39. The Kier molecular flexibility index (Phi) is 4.16. The van der Waals surface area contributed by atoms with Crippen molar-refractivity contribution in [2.75, 3.05) is 11.5 Å². The molecule has 1 aromatic carbocycles. The van der Waals surface area contributed by atoms with Gasteiger partial charge in [0.1, 0.15) is 16.4 Å².